The lowest BCUT2D eigenvalue weighted by molar-refractivity contribution is -0.116. The Morgan fingerprint density at radius 2 is 1.96 bits per heavy atom. The second-order valence-electron chi connectivity index (χ2n) is 6.69. The number of carbonyl (C=O) groups is 1. The Kier molecular flexibility index (Phi) is 6.99. The van der Waals surface area contributed by atoms with Crippen LogP contribution >= 0.6 is 11.3 Å². The molecule has 1 saturated heterocycles. The molecule has 1 aliphatic heterocycles. The van der Waals surface area contributed by atoms with Crippen molar-refractivity contribution in [3.05, 3.63) is 11.1 Å². The average molecular weight is 339 g/mol. The first-order valence-electron chi connectivity index (χ1n) is 8.66. The lowest BCUT2D eigenvalue weighted by atomic mass is 10.1. The predicted octanol–water partition coefficient (Wildman–Crippen LogP) is 2.68. The van der Waals surface area contributed by atoms with Gasteiger partial charge in [0.05, 0.1) is 5.69 Å². The maximum absolute atomic E-state index is 11.6. The van der Waals surface area contributed by atoms with Crippen molar-refractivity contribution < 1.29 is 4.79 Å². The van der Waals surface area contributed by atoms with Crippen LogP contribution in [0.5, 0.6) is 0 Å². The van der Waals surface area contributed by atoms with Crippen LogP contribution in [0.3, 0.4) is 0 Å². The number of piperazine rings is 1. The third-order valence-corrected chi connectivity index (χ3v) is 5.25. The summed E-state index contributed by atoms with van der Waals surface area (Å²) in [5, 5.41) is 2.91. The summed E-state index contributed by atoms with van der Waals surface area (Å²) in [6.07, 6.45) is 1.29. The van der Waals surface area contributed by atoms with Crippen LogP contribution < -0.4 is 4.90 Å². The molecule has 1 fully saturated rings. The molecular formula is C17H30N4OS. The number of hydrogen-bond donors (Lipinski definition) is 0. The molecule has 0 aliphatic carbocycles. The first-order valence-corrected chi connectivity index (χ1v) is 9.54. The summed E-state index contributed by atoms with van der Waals surface area (Å²) in [5.41, 5.74) is 1.08. The van der Waals surface area contributed by atoms with E-state index < -0.39 is 0 Å². The molecule has 1 aromatic heterocycles. The zero-order valence-electron chi connectivity index (χ0n) is 14.9. The number of nitrogens with zero attached hydrogens (tertiary/aromatic N) is 4. The third-order valence-electron chi connectivity index (χ3n) is 4.34. The Morgan fingerprint density at radius 3 is 2.52 bits per heavy atom. The second kappa shape index (κ2) is 8.76. The van der Waals surface area contributed by atoms with Crippen molar-refractivity contribution in [3.8, 4) is 0 Å². The van der Waals surface area contributed by atoms with Crippen LogP contribution in [0.2, 0.25) is 0 Å². The number of amides is 1. The monoisotopic (exact) mass is 338 g/mol. The predicted molar refractivity (Wildman–Crippen MR) is 97.0 cm³/mol. The summed E-state index contributed by atoms with van der Waals surface area (Å²) in [6, 6.07) is 0. The Morgan fingerprint density at radius 1 is 1.30 bits per heavy atom. The van der Waals surface area contributed by atoms with Crippen LogP contribution in [0.15, 0.2) is 5.38 Å². The van der Waals surface area contributed by atoms with Gasteiger partial charge in [-0.15, -0.1) is 11.3 Å². The molecule has 1 aromatic rings. The van der Waals surface area contributed by atoms with Gasteiger partial charge in [-0.25, -0.2) is 4.98 Å². The zero-order chi connectivity index (χ0) is 16.8. The summed E-state index contributed by atoms with van der Waals surface area (Å²) in [4.78, 5) is 23.0. The number of aromatic nitrogens is 1. The van der Waals surface area contributed by atoms with Gasteiger partial charge in [0.2, 0.25) is 5.91 Å². The molecule has 6 heteroatoms. The minimum atomic E-state index is 0.0622. The summed E-state index contributed by atoms with van der Waals surface area (Å²) >= 11 is 1.57. The van der Waals surface area contributed by atoms with Gasteiger partial charge in [-0.2, -0.15) is 0 Å². The lowest BCUT2D eigenvalue weighted by Crippen LogP contribution is -2.46. The molecule has 5 nitrogen and oxygen atoms in total. The first kappa shape index (κ1) is 18.4. The van der Waals surface area contributed by atoms with E-state index in [-0.39, 0.29) is 5.91 Å². The normalized spacial score (nSPS) is 16.9. The summed E-state index contributed by atoms with van der Waals surface area (Å²) in [6.45, 7) is 15.5. The van der Waals surface area contributed by atoms with Crippen LogP contribution in [-0.4, -0.2) is 60.0 Å². The highest BCUT2D eigenvalue weighted by molar-refractivity contribution is 7.14. The van der Waals surface area contributed by atoms with Crippen molar-refractivity contribution >= 4 is 22.4 Å². The SMILES string of the molecule is CCN(C(C)=O)c1nc(CN2CCN(CCC(C)C)CC2)cs1. The van der Waals surface area contributed by atoms with Crippen molar-refractivity contribution in [3.63, 3.8) is 0 Å². The molecule has 0 saturated carbocycles. The van der Waals surface area contributed by atoms with Gasteiger partial charge in [-0.1, -0.05) is 13.8 Å². The maximum Gasteiger partial charge on any atom is 0.225 e. The Bertz CT molecular complexity index is 495. The molecule has 23 heavy (non-hydrogen) atoms. The maximum atomic E-state index is 11.6. The van der Waals surface area contributed by atoms with Crippen LogP contribution in [0.1, 0.15) is 39.8 Å². The van der Waals surface area contributed by atoms with E-state index in [0.717, 1.165) is 49.5 Å². The highest BCUT2D eigenvalue weighted by Gasteiger charge is 2.19. The highest BCUT2D eigenvalue weighted by atomic mass is 32.1. The molecule has 0 atom stereocenters. The van der Waals surface area contributed by atoms with E-state index >= 15 is 0 Å². The Balaban J connectivity index is 1.80. The van der Waals surface area contributed by atoms with Gasteiger partial charge in [-0.3, -0.25) is 14.6 Å². The fourth-order valence-corrected chi connectivity index (χ4v) is 3.75. The Hall–Kier alpha value is -0.980. The molecule has 0 unspecified atom stereocenters. The second-order valence-corrected chi connectivity index (χ2v) is 7.52. The topological polar surface area (TPSA) is 39.7 Å². The van der Waals surface area contributed by atoms with Crippen molar-refractivity contribution in [2.24, 2.45) is 5.92 Å². The smallest absolute Gasteiger partial charge is 0.225 e. The van der Waals surface area contributed by atoms with Gasteiger partial charge in [0.1, 0.15) is 0 Å². The molecule has 1 amide bonds. The fourth-order valence-electron chi connectivity index (χ4n) is 2.83. The number of hydrogen-bond acceptors (Lipinski definition) is 5. The van der Waals surface area contributed by atoms with Gasteiger partial charge < -0.3 is 4.90 Å². The lowest BCUT2D eigenvalue weighted by Gasteiger charge is -2.34. The van der Waals surface area contributed by atoms with E-state index in [1.807, 2.05) is 6.92 Å². The largest absolute Gasteiger partial charge is 0.301 e. The van der Waals surface area contributed by atoms with Crippen molar-refractivity contribution in [1.29, 1.82) is 0 Å². The van der Waals surface area contributed by atoms with Gasteiger partial charge >= 0.3 is 0 Å². The standard InChI is InChI=1S/C17H30N4OS/c1-5-21(15(4)22)17-18-16(13-23-17)12-20-10-8-19(9-11-20)7-6-14(2)3/h13-14H,5-12H2,1-4H3. The minimum absolute atomic E-state index is 0.0622. The van der Waals surface area contributed by atoms with Crippen LogP contribution in [-0.2, 0) is 11.3 Å². The molecule has 0 spiro atoms. The molecule has 0 bridgehead atoms. The Labute approximate surface area is 144 Å². The van der Waals surface area contributed by atoms with Gasteiger partial charge in [-0.05, 0) is 25.8 Å². The molecule has 130 valence electrons. The van der Waals surface area contributed by atoms with Crippen molar-refractivity contribution in [2.45, 2.75) is 40.7 Å². The molecule has 0 radical (unpaired) electrons. The van der Waals surface area contributed by atoms with E-state index in [1.54, 1.807) is 23.2 Å². The summed E-state index contributed by atoms with van der Waals surface area (Å²) < 4.78 is 0. The number of thiazole rings is 1. The molecule has 2 rings (SSSR count). The van der Waals surface area contributed by atoms with E-state index in [9.17, 15) is 4.79 Å². The van der Waals surface area contributed by atoms with E-state index in [2.05, 4.69) is 34.0 Å². The van der Waals surface area contributed by atoms with Crippen molar-refractivity contribution in [2.75, 3.05) is 44.2 Å². The molecule has 0 aromatic carbocycles. The fraction of sp³-hybridized carbons (Fsp3) is 0.765. The van der Waals surface area contributed by atoms with E-state index in [0.29, 0.717) is 6.54 Å². The van der Waals surface area contributed by atoms with E-state index in [4.69, 9.17) is 0 Å². The molecule has 2 heterocycles. The van der Waals surface area contributed by atoms with Crippen LogP contribution in [0.25, 0.3) is 0 Å². The van der Waals surface area contributed by atoms with Gasteiger partial charge in [0.15, 0.2) is 5.13 Å². The van der Waals surface area contributed by atoms with Crippen LogP contribution in [0.4, 0.5) is 5.13 Å². The highest BCUT2D eigenvalue weighted by Crippen LogP contribution is 2.22. The quantitative estimate of drug-likeness (QED) is 0.766. The van der Waals surface area contributed by atoms with E-state index in [1.165, 1.54) is 13.0 Å². The van der Waals surface area contributed by atoms with Gasteiger partial charge in [0, 0.05) is 51.6 Å². The summed E-state index contributed by atoms with van der Waals surface area (Å²) in [5.74, 6) is 0.844. The van der Waals surface area contributed by atoms with Crippen molar-refractivity contribution in [1.82, 2.24) is 14.8 Å². The van der Waals surface area contributed by atoms with Gasteiger partial charge in [0.25, 0.3) is 0 Å². The minimum Gasteiger partial charge on any atom is -0.301 e. The molecular weight excluding hydrogens is 308 g/mol. The summed E-state index contributed by atoms with van der Waals surface area (Å²) in [7, 11) is 0. The van der Waals surface area contributed by atoms with Crippen LogP contribution in [0, 0.1) is 5.92 Å². The molecule has 1 aliphatic rings. The number of carbonyl (C=O) groups excluding carboxylic acids is 1. The first-order chi connectivity index (χ1) is 11.0. The zero-order valence-corrected chi connectivity index (χ0v) is 15.7. The number of anilines is 1. The average Bonchev–Trinajstić information content (AvgIpc) is 2.95. The third kappa shape index (κ3) is 5.55. The number of rotatable bonds is 7. The molecule has 0 N–H and O–H groups in total.